The fourth-order valence-electron chi connectivity index (χ4n) is 1.84. The van der Waals surface area contributed by atoms with Gasteiger partial charge in [0.05, 0.1) is 0 Å². The van der Waals surface area contributed by atoms with Crippen LogP contribution >= 0.6 is 27.5 Å². The van der Waals surface area contributed by atoms with E-state index in [2.05, 4.69) is 35.0 Å². The zero-order valence-corrected chi connectivity index (χ0v) is 13.2. The molecule has 0 unspecified atom stereocenters. The first kappa shape index (κ1) is 14.4. The van der Waals surface area contributed by atoms with Crippen LogP contribution in [0.5, 0.6) is 5.75 Å². The third kappa shape index (κ3) is 4.26. The van der Waals surface area contributed by atoms with Gasteiger partial charge in [0.1, 0.15) is 12.4 Å². The van der Waals surface area contributed by atoms with Crippen molar-refractivity contribution in [1.82, 2.24) is 0 Å². The fourth-order valence-corrected chi connectivity index (χ4v) is 2.57. The molecule has 100 valence electrons. The SMILES string of the molecule is CCCc1ccc(OCc2ccc(Br)cc2Cl)cc1. The summed E-state index contributed by atoms with van der Waals surface area (Å²) in [6.45, 7) is 2.67. The summed E-state index contributed by atoms with van der Waals surface area (Å²) in [6, 6.07) is 14.1. The number of hydrogen-bond acceptors (Lipinski definition) is 1. The molecule has 0 saturated carbocycles. The van der Waals surface area contributed by atoms with E-state index in [1.165, 1.54) is 5.56 Å². The van der Waals surface area contributed by atoms with Crippen molar-refractivity contribution in [3.05, 3.63) is 63.1 Å². The van der Waals surface area contributed by atoms with Crippen LogP contribution in [0.25, 0.3) is 0 Å². The van der Waals surface area contributed by atoms with Gasteiger partial charge in [-0.15, -0.1) is 0 Å². The highest BCUT2D eigenvalue weighted by Crippen LogP contribution is 2.23. The molecule has 0 N–H and O–H groups in total. The van der Waals surface area contributed by atoms with E-state index in [0.29, 0.717) is 6.61 Å². The summed E-state index contributed by atoms with van der Waals surface area (Å²) in [6.07, 6.45) is 2.27. The van der Waals surface area contributed by atoms with E-state index in [0.717, 1.165) is 33.6 Å². The zero-order chi connectivity index (χ0) is 13.7. The molecule has 0 saturated heterocycles. The van der Waals surface area contributed by atoms with Crippen LogP contribution in [0.3, 0.4) is 0 Å². The Bertz CT molecular complexity index is 537. The normalized spacial score (nSPS) is 10.5. The Morgan fingerprint density at radius 2 is 1.84 bits per heavy atom. The summed E-state index contributed by atoms with van der Waals surface area (Å²) in [5.74, 6) is 0.874. The van der Waals surface area contributed by atoms with E-state index in [-0.39, 0.29) is 0 Å². The molecule has 0 aromatic heterocycles. The number of benzene rings is 2. The number of hydrogen-bond donors (Lipinski definition) is 0. The Morgan fingerprint density at radius 3 is 2.47 bits per heavy atom. The van der Waals surface area contributed by atoms with Gasteiger partial charge < -0.3 is 4.74 Å². The van der Waals surface area contributed by atoms with Gasteiger partial charge in [0.25, 0.3) is 0 Å². The molecule has 19 heavy (non-hydrogen) atoms. The molecule has 0 heterocycles. The van der Waals surface area contributed by atoms with E-state index in [9.17, 15) is 0 Å². The summed E-state index contributed by atoms with van der Waals surface area (Å²) in [5, 5.41) is 0.719. The second-order valence-corrected chi connectivity index (χ2v) is 5.74. The Balaban J connectivity index is 1.98. The van der Waals surface area contributed by atoms with Gasteiger partial charge in [-0.1, -0.05) is 59.1 Å². The average Bonchev–Trinajstić information content (AvgIpc) is 2.40. The molecule has 0 aliphatic rings. The van der Waals surface area contributed by atoms with Gasteiger partial charge in [-0.05, 0) is 36.2 Å². The number of ether oxygens (including phenoxy) is 1. The molecule has 0 fully saturated rings. The van der Waals surface area contributed by atoms with Crippen LogP contribution in [0.4, 0.5) is 0 Å². The molecule has 2 rings (SSSR count). The number of aryl methyl sites for hydroxylation is 1. The Kier molecular flexibility index (Phi) is 5.29. The largest absolute Gasteiger partial charge is 0.489 e. The topological polar surface area (TPSA) is 9.23 Å². The fraction of sp³-hybridized carbons (Fsp3) is 0.250. The number of rotatable bonds is 5. The smallest absolute Gasteiger partial charge is 0.119 e. The van der Waals surface area contributed by atoms with E-state index >= 15 is 0 Å². The Hall–Kier alpha value is -0.990. The molecular weight excluding hydrogens is 324 g/mol. The summed E-state index contributed by atoms with van der Waals surface area (Å²) < 4.78 is 6.72. The predicted molar refractivity (Wildman–Crippen MR) is 83.9 cm³/mol. The first-order valence-electron chi connectivity index (χ1n) is 6.34. The molecule has 0 spiro atoms. The minimum Gasteiger partial charge on any atom is -0.489 e. The van der Waals surface area contributed by atoms with Crippen LogP contribution < -0.4 is 4.74 Å². The molecule has 0 aliphatic heterocycles. The molecule has 2 aromatic carbocycles. The highest BCUT2D eigenvalue weighted by atomic mass is 79.9. The molecule has 1 nitrogen and oxygen atoms in total. The van der Waals surface area contributed by atoms with Crippen molar-refractivity contribution >= 4 is 27.5 Å². The lowest BCUT2D eigenvalue weighted by Crippen LogP contribution is -1.96. The van der Waals surface area contributed by atoms with Crippen molar-refractivity contribution in [2.75, 3.05) is 0 Å². The highest BCUT2D eigenvalue weighted by Gasteiger charge is 2.02. The second-order valence-electron chi connectivity index (χ2n) is 4.42. The standard InChI is InChI=1S/C16H16BrClO/c1-2-3-12-4-8-15(9-5-12)19-11-13-6-7-14(17)10-16(13)18/h4-10H,2-3,11H2,1H3. The first-order valence-corrected chi connectivity index (χ1v) is 7.52. The third-order valence-electron chi connectivity index (χ3n) is 2.87. The predicted octanol–water partition coefficient (Wildman–Crippen LogP) is 5.63. The van der Waals surface area contributed by atoms with E-state index in [1.807, 2.05) is 30.3 Å². The van der Waals surface area contributed by atoms with Crippen LogP contribution in [0.2, 0.25) is 5.02 Å². The summed E-state index contributed by atoms with van der Waals surface area (Å²) >= 11 is 9.54. The second kappa shape index (κ2) is 6.97. The van der Waals surface area contributed by atoms with Crippen molar-refractivity contribution < 1.29 is 4.74 Å². The van der Waals surface area contributed by atoms with Crippen molar-refractivity contribution in [2.45, 2.75) is 26.4 Å². The van der Waals surface area contributed by atoms with Gasteiger partial charge in [-0.25, -0.2) is 0 Å². The third-order valence-corrected chi connectivity index (χ3v) is 3.72. The van der Waals surface area contributed by atoms with Gasteiger partial charge >= 0.3 is 0 Å². The molecule has 0 radical (unpaired) electrons. The maximum atomic E-state index is 6.15. The van der Waals surface area contributed by atoms with Crippen molar-refractivity contribution in [2.24, 2.45) is 0 Å². The minimum absolute atomic E-state index is 0.485. The van der Waals surface area contributed by atoms with Crippen molar-refractivity contribution in [3.8, 4) is 5.75 Å². The Morgan fingerprint density at radius 1 is 1.11 bits per heavy atom. The molecule has 0 bridgehead atoms. The van der Waals surface area contributed by atoms with Crippen LogP contribution in [0.15, 0.2) is 46.9 Å². The lowest BCUT2D eigenvalue weighted by atomic mass is 10.1. The lowest BCUT2D eigenvalue weighted by molar-refractivity contribution is 0.306. The summed E-state index contributed by atoms with van der Waals surface area (Å²) in [5.41, 5.74) is 2.33. The van der Waals surface area contributed by atoms with Crippen molar-refractivity contribution in [3.63, 3.8) is 0 Å². The van der Waals surface area contributed by atoms with Crippen molar-refractivity contribution in [1.29, 1.82) is 0 Å². The lowest BCUT2D eigenvalue weighted by Gasteiger charge is -2.09. The molecular formula is C16H16BrClO. The van der Waals surface area contributed by atoms with E-state index < -0.39 is 0 Å². The minimum atomic E-state index is 0.485. The highest BCUT2D eigenvalue weighted by molar-refractivity contribution is 9.10. The maximum absolute atomic E-state index is 6.15. The van der Waals surface area contributed by atoms with Crippen LogP contribution in [0, 0.1) is 0 Å². The zero-order valence-electron chi connectivity index (χ0n) is 10.8. The van der Waals surface area contributed by atoms with E-state index in [4.69, 9.17) is 16.3 Å². The van der Waals surface area contributed by atoms with Gasteiger partial charge in [-0.3, -0.25) is 0 Å². The quantitative estimate of drug-likeness (QED) is 0.685. The van der Waals surface area contributed by atoms with Crippen LogP contribution in [0.1, 0.15) is 24.5 Å². The van der Waals surface area contributed by atoms with Gasteiger partial charge in [0.15, 0.2) is 0 Å². The maximum Gasteiger partial charge on any atom is 0.119 e. The van der Waals surface area contributed by atoms with Gasteiger partial charge in [0, 0.05) is 15.1 Å². The van der Waals surface area contributed by atoms with E-state index in [1.54, 1.807) is 0 Å². The number of halogens is 2. The first-order chi connectivity index (χ1) is 9.19. The molecule has 2 aromatic rings. The van der Waals surface area contributed by atoms with Crippen LogP contribution in [-0.2, 0) is 13.0 Å². The molecule has 0 amide bonds. The molecule has 0 aliphatic carbocycles. The summed E-state index contributed by atoms with van der Waals surface area (Å²) in [7, 11) is 0. The molecule has 0 atom stereocenters. The average molecular weight is 340 g/mol. The Labute approximate surface area is 127 Å². The van der Waals surface area contributed by atoms with Gasteiger partial charge in [-0.2, -0.15) is 0 Å². The van der Waals surface area contributed by atoms with Gasteiger partial charge in [0.2, 0.25) is 0 Å². The monoisotopic (exact) mass is 338 g/mol. The summed E-state index contributed by atoms with van der Waals surface area (Å²) in [4.78, 5) is 0. The molecule has 3 heteroatoms. The van der Waals surface area contributed by atoms with Crippen LogP contribution in [-0.4, -0.2) is 0 Å².